The molecule has 1 unspecified atom stereocenters. The molecule has 8 nitrogen and oxygen atoms in total. The topological polar surface area (TPSA) is 130 Å². The van der Waals surface area contributed by atoms with Crippen molar-refractivity contribution >= 4 is 28.7 Å². The SMILES string of the molecule is NC(=O)CCC(NC(=O)N1CCS(=O)CC1)C(=O)O. The van der Waals surface area contributed by atoms with Crippen LogP contribution in [0.3, 0.4) is 0 Å². The quantitative estimate of drug-likeness (QED) is 0.566. The average molecular weight is 291 g/mol. The third-order valence-corrected chi connectivity index (χ3v) is 4.02. The highest BCUT2D eigenvalue weighted by Crippen LogP contribution is 2.03. The molecule has 1 aliphatic heterocycles. The van der Waals surface area contributed by atoms with E-state index in [1.165, 1.54) is 4.90 Å². The monoisotopic (exact) mass is 291 g/mol. The number of urea groups is 1. The van der Waals surface area contributed by atoms with Gasteiger partial charge in [0.1, 0.15) is 6.04 Å². The second-order valence-corrected chi connectivity index (χ2v) is 5.88. The van der Waals surface area contributed by atoms with E-state index in [0.717, 1.165) is 0 Å². The van der Waals surface area contributed by atoms with Crippen LogP contribution in [0.1, 0.15) is 12.8 Å². The summed E-state index contributed by atoms with van der Waals surface area (Å²) in [6.45, 7) is 0.668. The van der Waals surface area contributed by atoms with E-state index in [1.54, 1.807) is 0 Å². The number of hydrogen-bond acceptors (Lipinski definition) is 4. The van der Waals surface area contributed by atoms with Crippen molar-refractivity contribution in [1.29, 1.82) is 0 Å². The van der Waals surface area contributed by atoms with Gasteiger partial charge in [-0.2, -0.15) is 0 Å². The summed E-state index contributed by atoms with van der Waals surface area (Å²) in [5, 5.41) is 11.3. The van der Waals surface area contributed by atoms with Crippen LogP contribution in [0.25, 0.3) is 0 Å². The van der Waals surface area contributed by atoms with E-state index >= 15 is 0 Å². The van der Waals surface area contributed by atoms with Gasteiger partial charge in [-0.15, -0.1) is 0 Å². The third kappa shape index (κ3) is 5.25. The lowest BCUT2D eigenvalue weighted by Gasteiger charge is -2.27. The summed E-state index contributed by atoms with van der Waals surface area (Å²) < 4.78 is 11.1. The Kier molecular flexibility index (Phi) is 5.74. The Morgan fingerprint density at radius 1 is 1.32 bits per heavy atom. The summed E-state index contributed by atoms with van der Waals surface area (Å²) in [7, 11) is -0.908. The molecule has 0 aliphatic carbocycles. The lowest BCUT2D eigenvalue weighted by molar-refractivity contribution is -0.139. The summed E-state index contributed by atoms with van der Waals surface area (Å²) in [5.74, 6) is -1.04. The molecular formula is C10H17N3O5S. The molecule has 0 saturated carbocycles. The van der Waals surface area contributed by atoms with Crippen molar-refractivity contribution in [1.82, 2.24) is 10.2 Å². The third-order valence-electron chi connectivity index (χ3n) is 2.74. The van der Waals surface area contributed by atoms with Crippen LogP contribution in [-0.2, 0) is 20.4 Å². The minimum absolute atomic E-state index is 0.0455. The maximum absolute atomic E-state index is 11.8. The number of aliphatic carboxylic acids is 1. The first kappa shape index (κ1) is 15.4. The summed E-state index contributed by atoms with van der Waals surface area (Å²) >= 11 is 0. The number of nitrogens with zero attached hydrogens (tertiary/aromatic N) is 1. The molecule has 9 heteroatoms. The Labute approximate surface area is 112 Å². The maximum Gasteiger partial charge on any atom is 0.326 e. The molecule has 1 heterocycles. The van der Waals surface area contributed by atoms with E-state index in [9.17, 15) is 18.6 Å². The first-order chi connectivity index (χ1) is 8.90. The van der Waals surface area contributed by atoms with Crippen LogP contribution in [0.4, 0.5) is 4.79 Å². The summed E-state index contributed by atoms with van der Waals surface area (Å²) in [6.07, 6.45) is -0.155. The Balaban J connectivity index is 2.49. The van der Waals surface area contributed by atoms with Gasteiger partial charge >= 0.3 is 12.0 Å². The van der Waals surface area contributed by atoms with Gasteiger partial charge < -0.3 is 21.1 Å². The van der Waals surface area contributed by atoms with E-state index in [2.05, 4.69) is 5.32 Å². The van der Waals surface area contributed by atoms with Crippen molar-refractivity contribution in [2.75, 3.05) is 24.6 Å². The molecule has 0 aromatic carbocycles. The number of primary amides is 1. The number of carboxylic acid groups (broad SMARTS) is 1. The van der Waals surface area contributed by atoms with E-state index < -0.39 is 34.7 Å². The number of nitrogens with two attached hydrogens (primary N) is 1. The molecule has 0 bridgehead atoms. The Morgan fingerprint density at radius 2 is 1.89 bits per heavy atom. The molecule has 1 atom stereocenters. The number of rotatable bonds is 5. The highest BCUT2D eigenvalue weighted by atomic mass is 32.2. The molecule has 1 rings (SSSR count). The Bertz CT molecular complexity index is 391. The molecule has 0 aromatic rings. The predicted octanol–water partition coefficient (Wildman–Crippen LogP) is -1.52. The maximum atomic E-state index is 11.8. The standard InChI is InChI=1S/C10H17N3O5S/c11-8(14)2-1-7(9(15)16)12-10(17)13-3-5-19(18)6-4-13/h7H,1-6H2,(H2,11,14)(H,12,17)(H,15,16). The van der Waals surface area contributed by atoms with Gasteiger partial charge in [0.2, 0.25) is 5.91 Å². The van der Waals surface area contributed by atoms with Crippen LogP contribution >= 0.6 is 0 Å². The zero-order valence-electron chi connectivity index (χ0n) is 10.3. The van der Waals surface area contributed by atoms with Crippen molar-refractivity contribution in [3.8, 4) is 0 Å². The molecule has 1 saturated heterocycles. The van der Waals surface area contributed by atoms with E-state index in [-0.39, 0.29) is 12.8 Å². The fourth-order valence-electron chi connectivity index (χ4n) is 1.63. The van der Waals surface area contributed by atoms with Crippen molar-refractivity contribution in [2.24, 2.45) is 5.73 Å². The van der Waals surface area contributed by atoms with Crippen molar-refractivity contribution in [2.45, 2.75) is 18.9 Å². The number of carbonyl (C=O) groups is 3. The van der Waals surface area contributed by atoms with E-state index in [4.69, 9.17) is 10.8 Å². The largest absolute Gasteiger partial charge is 0.480 e. The fraction of sp³-hybridized carbons (Fsp3) is 0.700. The van der Waals surface area contributed by atoms with Crippen LogP contribution in [0.15, 0.2) is 0 Å². The van der Waals surface area contributed by atoms with Crippen molar-refractivity contribution < 1.29 is 23.7 Å². The normalized spacial score (nSPS) is 17.8. The van der Waals surface area contributed by atoms with Gasteiger partial charge in [-0.05, 0) is 6.42 Å². The number of hydrogen-bond donors (Lipinski definition) is 3. The van der Waals surface area contributed by atoms with Gasteiger partial charge in [-0.25, -0.2) is 9.59 Å². The van der Waals surface area contributed by atoms with Crippen LogP contribution < -0.4 is 11.1 Å². The number of carbonyl (C=O) groups excluding carboxylic acids is 2. The van der Waals surface area contributed by atoms with Gasteiger partial charge in [0.05, 0.1) is 0 Å². The van der Waals surface area contributed by atoms with Gasteiger partial charge in [0, 0.05) is 41.8 Å². The summed E-state index contributed by atoms with van der Waals surface area (Å²) in [4.78, 5) is 34.8. The number of amides is 3. The van der Waals surface area contributed by atoms with Crippen molar-refractivity contribution in [3.05, 3.63) is 0 Å². The number of carboxylic acids is 1. The second kappa shape index (κ2) is 7.07. The lowest BCUT2D eigenvalue weighted by atomic mass is 10.1. The smallest absolute Gasteiger partial charge is 0.326 e. The summed E-state index contributed by atoms with van der Waals surface area (Å²) in [6, 6.07) is -1.67. The number of nitrogens with one attached hydrogen (secondary N) is 1. The minimum Gasteiger partial charge on any atom is -0.480 e. The highest BCUT2D eigenvalue weighted by molar-refractivity contribution is 7.85. The molecule has 108 valence electrons. The molecule has 0 aromatic heterocycles. The van der Waals surface area contributed by atoms with Gasteiger partial charge in [0.15, 0.2) is 0 Å². The van der Waals surface area contributed by atoms with Crippen LogP contribution in [0.5, 0.6) is 0 Å². The Hall–Kier alpha value is -1.64. The molecule has 0 radical (unpaired) electrons. The first-order valence-corrected chi connectivity index (χ1v) is 7.30. The van der Waals surface area contributed by atoms with Crippen LogP contribution in [0, 0.1) is 0 Å². The molecule has 4 N–H and O–H groups in total. The zero-order chi connectivity index (χ0) is 14.4. The summed E-state index contributed by atoms with van der Waals surface area (Å²) in [5.41, 5.74) is 4.94. The van der Waals surface area contributed by atoms with Crippen LogP contribution in [-0.4, -0.2) is 62.8 Å². The zero-order valence-corrected chi connectivity index (χ0v) is 11.1. The van der Waals surface area contributed by atoms with Crippen molar-refractivity contribution in [3.63, 3.8) is 0 Å². The van der Waals surface area contributed by atoms with Gasteiger partial charge in [-0.3, -0.25) is 9.00 Å². The fourth-order valence-corrected chi connectivity index (χ4v) is 2.68. The van der Waals surface area contributed by atoms with Gasteiger partial charge in [0.25, 0.3) is 0 Å². The highest BCUT2D eigenvalue weighted by Gasteiger charge is 2.25. The minimum atomic E-state index is -1.21. The predicted molar refractivity (Wildman–Crippen MR) is 67.8 cm³/mol. The first-order valence-electron chi connectivity index (χ1n) is 5.81. The van der Waals surface area contributed by atoms with E-state index in [1.807, 2.05) is 0 Å². The van der Waals surface area contributed by atoms with Crippen LogP contribution in [0.2, 0.25) is 0 Å². The second-order valence-electron chi connectivity index (χ2n) is 4.18. The van der Waals surface area contributed by atoms with E-state index in [0.29, 0.717) is 24.6 Å². The molecule has 19 heavy (non-hydrogen) atoms. The van der Waals surface area contributed by atoms with Gasteiger partial charge in [-0.1, -0.05) is 0 Å². The molecule has 1 aliphatic rings. The Morgan fingerprint density at radius 3 is 2.37 bits per heavy atom. The molecule has 1 fully saturated rings. The molecule has 3 amide bonds. The average Bonchev–Trinajstić information content (AvgIpc) is 2.34. The molecular weight excluding hydrogens is 274 g/mol. The lowest BCUT2D eigenvalue weighted by Crippen LogP contribution is -2.51. The molecule has 0 spiro atoms.